The zero-order valence-electron chi connectivity index (χ0n) is 16.6. The molecule has 1 aliphatic heterocycles. The number of anilines is 1. The van der Waals surface area contributed by atoms with Crippen LogP contribution in [0.3, 0.4) is 0 Å². The Morgan fingerprint density at radius 3 is 2.29 bits per heavy atom. The predicted molar refractivity (Wildman–Crippen MR) is 125 cm³/mol. The summed E-state index contributed by atoms with van der Waals surface area (Å²) in [7, 11) is 0. The van der Waals surface area contributed by atoms with Crippen molar-refractivity contribution in [3.8, 4) is 0 Å². The van der Waals surface area contributed by atoms with Crippen LogP contribution in [0.5, 0.6) is 0 Å². The van der Waals surface area contributed by atoms with E-state index >= 15 is 0 Å². The molecule has 0 spiro atoms. The van der Waals surface area contributed by atoms with Crippen molar-refractivity contribution in [2.75, 3.05) is 4.90 Å². The Labute approximate surface area is 198 Å². The number of aromatic nitrogens is 1. The van der Waals surface area contributed by atoms with Crippen LogP contribution in [0.4, 0.5) is 10.5 Å². The lowest BCUT2D eigenvalue weighted by atomic mass is 9.91. The Balaban J connectivity index is 1.77. The number of halogens is 3. The van der Waals surface area contributed by atoms with Crippen molar-refractivity contribution in [1.82, 2.24) is 9.88 Å². The van der Waals surface area contributed by atoms with E-state index in [1.165, 1.54) is 0 Å². The summed E-state index contributed by atoms with van der Waals surface area (Å²) in [6.07, 6.45) is 2.01. The SMILES string of the molecule is C[C@@]1(Cc2ccc(Br)cc2)C(=O)N(c2cc(Cl)cc(Cl)c2)C(=O)N1Cc1ccccn1. The number of carbonyl (C=O) groups excluding carboxylic acids is 2. The van der Waals surface area contributed by atoms with Gasteiger partial charge >= 0.3 is 6.03 Å². The summed E-state index contributed by atoms with van der Waals surface area (Å²) in [6, 6.07) is 17.4. The number of rotatable bonds is 5. The first-order valence-corrected chi connectivity index (χ1v) is 11.1. The average Bonchev–Trinajstić information content (AvgIpc) is 2.90. The van der Waals surface area contributed by atoms with Crippen LogP contribution in [-0.4, -0.2) is 27.4 Å². The van der Waals surface area contributed by atoms with E-state index in [4.69, 9.17) is 23.2 Å². The van der Waals surface area contributed by atoms with Crippen LogP contribution in [0.2, 0.25) is 10.0 Å². The van der Waals surface area contributed by atoms with Crippen LogP contribution >= 0.6 is 39.1 Å². The van der Waals surface area contributed by atoms with Gasteiger partial charge in [-0.3, -0.25) is 9.78 Å². The van der Waals surface area contributed by atoms with Gasteiger partial charge in [0, 0.05) is 27.1 Å². The minimum Gasteiger partial charge on any atom is -0.303 e. The first-order valence-electron chi connectivity index (χ1n) is 9.54. The molecule has 0 saturated carbocycles. The lowest BCUT2D eigenvalue weighted by Gasteiger charge is -2.31. The number of benzene rings is 2. The molecule has 5 nitrogen and oxygen atoms in total. The third kappa shape index (κ3) is 4.33. The Bertz CT molecular complexity index is 1120. The first-order chi connectivity index (χ1) is 14.8. The summed E-state index contributed by atoms with van der Waals surface area (Å²) in [5.41, 5.74) is 0.857. The van der Waals surface area contributed by atoms with Gasteiger partial charge in [-0.1, -0.05) is 57.3 Å². The van der Waals surface area contributed by atoms with Crippen molar-refractivity contribution < 1.29 is 9.59 Å². The minimum atomic E-state index is -1.11. The molecule has 0 aliphatic carbocycles. The molecule has 0 bridgehead atoms. The molecule has 1 aromatic heterocycles. The van der Waals surface area contributed by atoms with Gasteiger partial charge in [-0.2, -0.15) is 0 Å². The van der Waals surface area contributed by atoms with Crippen LogP contribution in [0, 0.1) is 0 Å². The number of pyridine rings is 1. The van der Waals surface area contributed by atoms with Gasteiger partial charge in [0.05, 0.1) is 17.9 Å². The molecule has 0 unspecified atom stereocenters. The molecule has 3 amide bonds. The second kappa shape index (κ2) is 8.61. The fourth-order valence-electron chi connectivity index (χ4n) is 3.74. The lowest BCUT2D eigenvalue weighted by molar-refractivity contribution is -0.124. The Morgan fingerprint density at radius 1 is 1.00 bits per heavy atom. The second-order valence-electron chi connectivity index (χ2n) is 7.54. The molecule has 31 heavy (non-hydrogen) atoms. The topological polar surface area (TPSA) is 53.5 Å². The van der Waals surface area contributed by atoms with Gasteiger partial charge in [-0.05, 0) is 55.0 Å². The summed E-state index contributed by atoms with van der Waals surface area (Å²) in [6.45, 7) is 1.98. The van der Waals surface area contributed by atoms with Crippen LogP contribution in [-0.2, 0) is 17.8 Å². The van der Waals surface area contributed by atoms with E-state index in [1.807, 2.05) is 42.5 Å². The van der Waals surface area contributed by atoms with E-state index in [2.05, 4.69) is 20.9 Å². The van der Waals surface area contributed by atoms with Crippen LogP contribution in [0.25, 0.3) is 0 Å². The molecule has 4 rings (SSSR count). The molecule has 3 aromatic rings. The first kappa shape index (κ1) is 21.8. The van der Waals surface area contributed by atoms with Gasteiger partial charge < -0.3 is 4.90 Å². The molecule has 2 aromatic carbocycles. The number of hydrogen-bond donors (Lipinski definition) is 0. The third-order valence-electron chi connectivity index (χ3n) is 5.30. The minimum absolute atomic E-state index is 0.198. The van der Waals surface area contributed by atoms with E-state index in [0.29, 0.717) is 27.8 Å². The molecule has 0 N–H and O–H groups in total. The number of urea groups is 1. The highest BCUT2D eigenvalue weighted by molar-refractivity contribution is 9.10. The zero-order valence-corrected chi connectivity index (χ0v) is 19.7. The van der Waals surface area contributed by atoms with Crippen LogP contribution in [0.15, 0.2) is 71.3 Å². The van der Waals surface area contributed by atoms with Gasteiger partial charge in [-0.15, -0.1) is 0 Å². The lowest BCUT2D eigenvalue weighted by Crippen LogP contribution is -2.48. The predicted octanol–water partition coefficient (Wildman–Crippen LogP) is 6.12. The highest BCUT2D eigenvalue weighted by Gasteiger charge is 2.54. The van der Waals surface area contributed by atoms with Gasteiger partial charge in [0.2, 0.25) is 0 Å². The monoisotopic (exact) mass is 517 g/mol. The Morgan fingerprint density at radius 2 is 1.68 bits per heavy atom. The fourth-order valence-corrected chi connectivity index (χ4v) is 4.52. The molecular weight excluding hydrogens is 501 g/mol. The summed E-state index contributed by atoms with van der Waals surface area (Å²) in [4.78, 5) is 34.2. The van der Waals surface area contributed by atoms with E-state index in [-0.39, 0.29) is 12.5 Å². The molecule has 158 valence electrons. The van der Waals surface area contributed by atoms with Crippen molar-refractivity contribution >= 4 is 56.8 Å². The summed E-state index contributed by atoms with van der Waals surface area (Å²) in [5.74, 6) is -0.338. The molecule has 1 aliphatic rings. The quantitative estimate of drug-likeness (QED) is 0.382. The van der Waals surface area contributed by atoms with Crippen molar-refractivity contribution in [2.45, 2.75) is 25.4 Å². The molecule has 0 radical (unpaired) electrons. The van der Waals surface area contributed by atoms with Gasteiger partial charge in [0.25, 0.3) is 5.91 Å². The molecule has 8 heteroatoms. The van der Waals surface area contributed by atoms with E-state index < -0.39 is 11.6 Å². The van der Waals surface area contributed by atoms with Gasteiger partial charge in [0.1, 0.15) is 5.54 Å². The van der Waals surface area contributed by atoms with E-state index in [1.54, 1.807) is 36.2 Å². The highest BCUT2D eigenvalue weighted by Crippen LogP contribution is 2.37. The number of carbonyl (C=O) groups is 2. The van der Waals surface area contributed by atoms with Crippen LogP contribution in [0.1, 0.15) is 18.2 Å². The number of amides is 3. The molecule has 1 atom stereocenters. The number of hydrogen-bond acceptors (Lipinski definition) is 3. The number of nitrogens with zero attached hydrogens (tertiary/aromatic N) is 3. The Hall–Kier alpha value is -2.41. The normalized spacial score (nSPS) is 18.7. The summed E-state index contributed by atoms with van der Waals surface area (Å²) < 4.78 is 0.941. The van der Waals surface area contributed by atoms with Gasteiger partial charge in [0.15, 0.2) is 0 Å². The maximum absolute atomic E-state index is 13.7. The Kier molecular flexibility index (Phi) is 6.06. The van der Waals surface area contributed by atoms with E-state index in [0.717, 1.165) is 14.9 Å². The molecular formula is C23H18BrCl2N3O2. The maximum atomic E-state index is 13.7. The maximum Gasteiger partial charge on any atom is 0.332 e. The smallest absolute Gasteiger partial charge is 0.303 e. The third-order valence-corrected chi connectivity index (χ3v) is 6.26. The van der Waals surface area contributed by atoms with Crippen LogP contribution < -0.4 is 4.90 Å². The summed E-state index contributed by atoms with van der Waals surface area (Å²) in [5, 5.41) is 0.696. The van der Waals surface area contributed by atoms with Crippen molar-refractivity contribution in [3.05, 3.63) is 92.6 Å². The molecule has 1 saturated heterocycles. The standard InChI is InChI=1S/C23H18BrCl2N3O2/c1-23(13-15-5-7-16(24)8-6-15)21(30)29(20-11-17(25)10-18(26)12-20)22(31)28(23)14-19-4-2-3-9-27-19/h2-12H,13-14H2,1H3/t23-/m1/s1. The zero-order chi connectivity index (χ0) is 22.2. The summed E-state index contributed by atoms with van der Waals surface area (Å²) >= 11 is 15.7. The van der Waals surface area contributed by atoms with Crippen molar-refractivity contribution in [1.29, 1.82) is 0 Å². The van der Waals surface area contributed by atoms with Crippen molar-refractivity contribution in [3.63, 3.8) is 0 Å². The average molecular weight is 519 g/mol. The molecule has 1 fully saturated rings. The highest BCUT2D eigenvalue weighted by atomic mass is 79.9. The largest absolute Gasteiger partial charge is 0.332 e. The number of imide groups is 1. The molecule has 2 heterocycles. The fraction of sp³-hybridized carbons (Fsp3) is 0.174. The van der Waals surface area contributed by atoms with E-state index in [9.17, 15) is 9.59 Å². The van der Waals surface area contributed by atoms with Gasteiger partial charge in [-0.25, -0.2) is 9.69 Å². The second-order valence-corrected chi connectivity index (χ2v) is 9.32. The van der Waals surface area contributed by atoms with Crippen molar-refractivity contribution in [2.24, 2.45) is 0 Å².